The van der Waals surface area contributed by atoms with Crippen molar-refractivity contribution in [2.24, 2.45) is 5.92 Å². The highest BCUT2D eigenvalue weighted by Gasteiger charge is 2.13. The Hall–Kier alpha value is -0.0800. The van der Waals surface area contributed by atoms with Crippen molar-refractivity contribution in [3.05, 3.63) is 0 Å². The second-order valence-corrected chi connectivity index (χ2v) is 2.56. The van der Waals surface area contributed by atoms with E-state index in [1.807, 2.05) is 6.92 Å². The van der Waals surface area contributed by atoms with Crippen LogP contribution in [0.2, 0.25) is 0 Å². The van der Waals surface area contributed by atoms with Crippen molar-refractivity contribution in [1.29, 1.82) is 0 Å². The third-order valence-electron chi connectivity index (χ3n) is 1.84. The van der Waals surface area contributed by atoms with E-state index in [9.17, 15) is 0 Å². The van der Waals surface area contributed by atoms with Gasteiger partial charge in [0.2, 0.25) is 0 Å². The van der Waals surface area contributed by atoms with Crippen molar-refractivity contribution in [3.63, 3.8) is 0 Å². The largest absolute Gasteiger partial charge is 0.394 e. The van der Waals surface area contributed by atoms with Gasteiger partial charge in [-0.15, -0.1) is 0 Å². The highest BCUT2D eigenvalue weighted by atomic mass is 16.5. The van der Waals surface area contributed by atoms with E-state index in [0.29, 0.717) is 12.5 Å². The van der Waals surface area contributed by atoms with E-state index in [4.69, 9.17) is 9.84 Å². The lowest BCUT2D eigenvalue weighted by Crippen LogP contribution is -2.25. The van der Waals surface area contributed by atoms with E-state index in [-0.39, 0.29) is 12.7 Å². The molecule has 2 atom stereocenters. The fourth-order valence-electron chi connectivity index (χ4n) is 0.874. The summed E-state index contributed by atoms with van der Waals surface area (Å²) in [6, 6.07) is 0. The Labute approximate surface area is 63.2 Å². The molecule has 0 aliphatic heterocycles. The standard InChI is InChI=1S/C8H18O2/c1-4-7(3)8(6-9)10-5-2/h7-9H,4-6H2,1-3H3. The Balaban J connectivity index is 3.56. The van der Waals surface area contributed by atoms with Crippen LogP contribution in [0.15, 0.2) is 0 Å². The summed E-state index contributed by atoms with van der Waals surface area (Å²) in [7, 11) is 0. The molecule has 0 amide bonds. The lowest BCUT2D eigenvalue weighted by molar-refractivity contribution is -0.0135. The summed E-state index contributed by atoms with van der Waals surface area (Å²) in [6.45, 7) is 6.98. The van der Waals surface area contributed by atoms with Crippen LogP contribution in [0.25, 0.3) is 0 Å². The molecule has 0 bridgehead atoms. The first-order valence-electron chi connectivity index (χ1n) is 3.98. The maximum atomic E-state index is 8.83. The van der Waals surface area contributed by atoms with Crippen molar-refractivity contribution in [2.45, 2.75) is 33.3 Å². The minimum Gasteiger partial charge on any atom is -0.394 e. The van der Waals surface area contributed by atoms with Gasteiger partial charge in [0.1, 0.15) is 0 Å². The lowest BCUT2D eigenvalue weighted by atomic mass is 10.0. The number of rotatable bonds is 5. The van der Waals surface area contributed by atoms with E-state index < -0.39 is 0 Å². The predicted octanol–water partition coefficient (Wildman–Crippen LogP) is 1.43. The van der Waals surface area contributed by atoms with Crippen molar-refractivity contribution in [3.8, 4) is 0 Å². The summed E-state index contributed by atoms with van der Waals surface area (Å²) in [6.07, 6.45) is 1.10. The monoisotopic (exact) mass is 146 g/mol. The topological polar surface area (TPSA) is 29.5 Å². The first kappa shape index (κ1) is 9.92. The average Bonchev–Trinajstić information content (AvgIpc) is 1.99. The molecule has 2 unspecified atom stereocenters. The van der Waals surface area contributed by atoms with Crippen molar-refractivity contribution < 1.29 is 9.84 Å². The van der Waals surface area contributed by atoms with Crippen LogP contribution in [0.5, 0.6) is 0 Å². The summed E-state index contributed by atoms with van der Waals surface area (Å²) in [5.74, 6) is 0.463. The molecule has 0 spiro atoms. The normalized spacial score (nSPS) is 16.8. The van der Waals surface area contributed by atoms with E-state index in [0.717, 1.165) is 6.42 Å². The molecule has 0 rings (SSSR count). The molecule has 0 aromatic carbocycles. The molecule has 2 nitrogen and oxygen atoms in total. The van der Waals surface area contributed by atoms with Crippen molar-refractivity contribution in [1.82, 2.24) is 0 Å². The fraction of sp³-hybridized carbons (Fsp3) is 1.00. The maximum absolute atomic E-state index is 8.83. The first-order chi connectivity index (χ1) is 4.76. The van der Waals surface area contributed by atoms with Gasteiger partial charge in [-0.25, -0.2) is 0 Å². The van der Waals surface area contributed by atoms with E-state index in [1.165, 1.54) is 0 Å². The summed E-state index contributed by atoms with van der Waals surface area (Å²) >= 11 is 0. The summed E-state index contributed by atoms with van der Waals surface area (Å²) < 4.78 is 5.29. The first-order valence-corrected chi connectivity index (χ1v) is 3.98. The van der Waals surface area contributed by atoms with Crippen LogP contribution < -0.4 is 0 Å². The Bertz CT molecular complexity index is 73.7. The average molecular weight is 146 g/mol. The van der Waals surface area contributed by atoms with Crippen molar-refractivity contribution in [2.75, 3.05) is 13.2 Å². The Kier molecular flexibility index (Phi) is 5.64. The Morgan fingerprint density at radius 3 is 2.30 bits per heavy atom. The number of hydrogen-bond donors (Lipinski definition) is 1. The van der Waals surface area contributed by atoms with E-state index in [2.05, 4.69) is 13.8 Å². The minimum atomic E-state index is 0.0370. The predicted molar refractivity (Wildman–Crippen MR) is 42.0 cm³/mol. The van der Waals surface area contributed by atoms with Crippen LogP contribution >= 0.6 is 0 Å². The molecule has 0 saturated carbocycles. The van der Waals surface area contributed by atoms with Crippen LogP contribution in [-0.4, -0.2) is 24.4 Å². The van der Waals surface area contributed by atoms with Crippen LogP contribution in [-0.2, 0) is 4.74 Å². The third kappa shape index (κ3) is 3.18. The van der Waals surface area contributed by atoms with Gasteiger partial charge < -0.3 is 9.84 Å². The SMILES string of the molecule is CCOC(CO)C(C)CC. The molecular formula is C8H18O2. The number of hydrogen-bond acceptors (Lipinski definition) is 2. The smallest absolute Gasteiger partial charge is 0.0830 e. The number of aliphatic hydroxyl groups excluding tert-OH is 1. The quantitative estimate of drug-likeness (QED) is 0.635. The van der Waals surface area contributed by atoms with Gasteiger partial charge in [-0.2, -0.15) is 0 Å². The van der Waals surface area contributed by atoms with Gasteiger partial charge in [0, 0.05) is 6.61 Å². The highest BCUT2D eigenvalue weighted by molar-refractivity contribution is 4.62. The summed E-state index contributed by atoms with van der Waals surface area (Å²) in [4.78, 5) is 0. The molecule has 0 heterocycles. The van der Waals surface area contributed by atoms with Gasteiger partial charge in [0.15, 0.2) is 0 Å². The van der Waals surface area contributed by atoms with Crippen LogP contribution in [0, 0.1) is 5.92 Å². The molecule has 2 heteroatoms. The maximum Gasteiger partial charge on any atom is 0.0830 e. The molecule has 0 saturated heterocycles. The lowest BCUT2D eigenvalue weighted by Gasteiger charge is -2.19. The molecule has 0 aromatic rings. The summed E-state index contributed by atoms with van der Waals surface area (Å²) in [5.41, 5.74) is 0. The van der Waals surface area contributed by atoms with Gasteiger partial charge in [-0.05, 0) is 12.8 Å². The number of ether oxygens (including phenoxy) is 1. The second-order valence-electron chi connectivity index (χ2n) is 2.56. The zero-order chi connectivity index (χ0) is 7.98. The van der Waals surface area contributed by atoms with Gasteiger partial charge >= 0.3 is 0 Å². The number of aliphatic hydroxyl groups is 1. The molecule has 10 heavy (non-hydrogen) atoms. The van der Waals surface area contributed by atoms with Gasteiger partial charge in [0.05, 0.1) is 12.7 Å². The van der Waals surface area contributed by atoms with Gasteiger partial charge in [-0.1, -0.05) is 20.3 Å². The van der Waals surface area contributed by atoms with Crippen LogP contribution in [0.3, 0.4) is 0 Å². The zero-order valence-corrected chi connectivity index (χ0v) is 7.13. The van der Waals surface area contributed by atoms with Crippen LogP contribution in [0.1, 0.15) is 27.2 Å². The Morgan fingerprint density at radius 2 is 2.00 bits per heavy atom. The second kappa shape index (κ2) is 5.69. The fourth-order valence-corrected chi connectivity index (χ4v) is 0.874. The molecule has 0 aromatic heterocycles. The molecule has 1 N–H and O–H groups in total. The van der Waals surface area contributed by atoms with Gasteiger partial charge in [0.25, 0.3) is 0 Å². The summed E-state index contributed by atoms with van der Waals surface area (Å²) in [5, 5.41) is 8.83. The molecule has 0 aliphatic rings. The van der Waals surface area contributed by atoms with E-state index >= 15 is 0 Å². The Morgan fingerprint density at radius 1 is 1.40 bits per heavy atom. The molecule has 0 aliphatic carbocycles. The van der Waals surface area contributed by atoms with Crippen molar-refractivity contribution >= 4 is 0 Å². The van der Waals surface area contributed by atoms with Gasteiger partial charge in [-0.3, -0.25) is 0 Å². The minimum absolute atomic E-state index is 0.0370. The molecule has 62 valence electrons. The molecule has 0 radical (unpaired) electrons. The van der Waals surface area contributed by atoms with E-state index in [1.54, 1.807) is 0 Å². The third-order valence-corrected chi connectivity index (χ3v) is 1.84. The zero-order valence-electron chi connectivity index (χ0n) is 7.13. The molecule has 0 fully saturated rings. The molecular weight excluding hydrogens is 128 g/mol. The van der Waals surface area contributed by atoms with Crippen LogP contribution in [0.4, 0.5) is 0 Å². The highest BCUT2D eigenvalue weighted by Crippen LogP contribution is 2.10.